The molecule has 4 nitrogen and oxygen atoms in total. The van der Waals surface area contributed by atoms with Gasteiger partial charge in [-0.25, -0.2) is 15.0 Å². The predicted molar refractivity (Wildman–Crippen MR) is 145 cm³/mol. The molecular weight excluding hydrogens is 528 g/mol. The van der Waals surface area contributed by atoms with Crippen molar-refractivity contribution in [3.8, 4) is 11.3 Å². The minimum absolute atomic E-state index is 0.0300. The number of hydrogen-bond donors (Lipinski definition) is 0. The van der Waals surface area contributed by atoms with Gasteiger partial charge in [0.25, 0.3) is 0 Å². The highest BCUT2D eigenvalue weighted by atomic mass is 79.9. The zero-order valence-corrected chi connectivity index (χ0v) is 21.1. The molecule has 0 saturated carbocycles. The van der Waals surface area contributed by atoms with Crippen LogP contribution in [-0.4, -0.2) is 15.7 Å². The van der Waals surface area contributed by atoms with Crippen molar-refractivity contribution >= 4 is 61.4 Å². The van der Waals surface area contributed by atoms with Crippen LogP contribution in [0.3, 0.4) is 0 Å². The second kappa shape index (κ2) is 8.95. The number of fused-ring (bicyclic) bond motifs is 1. The van der Waals surface area contributed by atoms with E-state index in [0.29, 0.717) is 11.0 Å². The van der Waals surface area contributed by atoms with Gasteiger partial charge in [-0.05, 0) is 47.3 Å². The maximum absolute atomic E-state index is 6.35. The molecule has 0 aliphatic carbocycles. The molecule has 1 atom stereocenters. The van der Waals surface area contributed by atoms with Gasteiger partial charge in [0.2, 0.25) is 5.95 Å². The lowest BCUT2D eigenvalue weighted by Gasteiger charge is -2.21. The maximum Gasteiger partial charge on any atom is 0.247 e. The fraction of sp³-hybridized carbons (Fsp3) is 0.0741. The summed E-state index contributed by atoms with van der Waals surface area (Å²) in [5.74, 6) is 0.581. The zero-order chi connectivity index (χ0) is 23.1. The summed E-state index contributed by atoms with van der Waals surface area (Å²) < 4.78 is 1.03. The second-order valence-corrected chi connectivity index (χ2v) is 10.4. The van der Waals surface area contributed by atoms with E-state index in [0.717, 1.165) is 44.3 Å². The Morgan fingerprint density at radius 1 is 0.882 bits per heavy atom. The first kappa shape index (κ1) is 21.5. The van der Waals surface area contributed by atoms with Gasteiger partial charge in [-0.1, -0.05) is 76.1 Å². The number of benzene rings is 3. The van der Waals surface area contributed by atoms with Crippen molar-refractivity contribution in [1.82, 2.24) is 9.97 Å². The van der Waals surface area contributed by atoms with Crippen LogP contribution in [0, 0.1) is 0 Å². The van der Waals surface area contributed by atoms with Gasteiger partial charge in [-0.2, -0.15) is 5.10 Å². The van der Waals surface area contributed by atoms with Crippen LogP contribution in [0.25, 0.3) is 22.2 Å². The van der Waals surface area contributed by atoms with Crippen molar-refractivity contribution in [3.05, 3.63) is 110 Å². The summed E-state index contributed by atoms with van der Waals surface area (Å²) in [4.78, 5) is 11.2. The van der Waals surface area contributed by atoms with Crippen LogP contribution in [0.1, 0.15) is 22.9 Å². The molecule has 0 saturated heterocycles. The quantitative estimate of drug-likeness (QED) is 0.229. The van der Waals surface area contributed by atoms with Crippen LogP contribution in [0.4, 0.5) is 5.95 Å². The summed E-state index contributed by atoms with van der Waals surface area (Å²) in [5.41, 5.74) is 4.81. The molecule has 1 aliphatic heterocycles. The third-order valence-electron chi connectivity index (χ3n) is 5.84. The summed E-state index contributed by atoms with van der Waals surface area (Å²) in [6.07, 6.45) is 0.777. The van der Waals surface area contributed by atoms with Crippen molar-refractivity contribution in [3.63, 3.8) is 0 Å². The van der Waals surface area contributed by atoms with E-state index in [1.807, 2.05) is 53.5 Å². The first-order valence-corrected chi connectivity index (χ1v) is 12.9. The number of aromatic nitrogens is 2. The molecule has 0 spiro atoms. The Bertz CT molecular complexity index is 1520. The number of rotatable bonds is 4. The van der Waals surface area contributed by atoms with E-state index < -0.39 is 0 Å². The molecule has 3 heterocycles. The largest absolute Gasteiger partial charge is 0.247 e. The molecule has 34 heavy (non-hydrogen) atoms. The molecule has 0 bridgehead atoms. The lowest BCUT2D eigenvalue weighted by molar-refractivity contribution is 0.700. The molecule has 5 aromatic rings. The third-order valence-corrected chi connectivity index (χ3v) is 7.54. The Balaban J connectivity index is 1.54. The van der Waals surface area contributed by atoms with Crippen LogP contribution in [0.15, 0.2) is 99.9 Å². The monoisotopic (exact) mass is 544 g/mol. The number of hydrogen-bond acceptors (Lipinski definition) is 5. The van der Waals surface area contributed by atoms with Crippen LogP contribution < -0.4 is 5.01 Å². The second-order valence-electron chi connectivity index (χ2n) is 8.04. The maximum atomic E-state index is 6.35. The van der Waals surface area contributed by atoms with Gasteiger partial charge in [-0.15, -0.1) is 11.3 Å². The molecule has 1 aliphatic rings. The zero-order valence-electron chi connectivity index (χ0n) is 17.9. The van der Waals surface area contributed by atoms with E-state index in [1.165, 1.54) is 4.88 Å². The molecule has 3 aromatic carbocycles. The molecule has 0 unspecified atom stereocenters. The van der Waals surface area contributed by atoms with Crippen molar-refractivity contribution in [1.29, 1.82) is 0 Å². The van der Waals surface area contributed by atoms with Crippen molar-refractivity contribution < 1.29 is 0 Å². The normalized spacial score (nSPS) is 15.6. The predicted octanol–water partition coefficient (Wildman–Crippen LogP) is 8.13. The van der Waals surface area contributed by atoms with E-state index in [4.69, 9.17) is 26.7 Å². The summed E-state index contributed by atoms with van der Waals surface area (Å²) >= 11 is 11.7. The highest BCUT2D eigenvalue weighted by Gasteiger charge is 2.33. The third kappa shape index (κ3) is 4.02. The van der Waals surface area contributed by atoms with E-state index in [2.05, 4.69) is 57.7 Å². The first-order valence-electron chi connectivity index (χ1n) is 10.8. The molecule has 2 aromatic heterocycles. The molecule has 0 radical (unpaired) electrons. The Kier molecular flexibility index (Phi) is 5.65. The van der Waals surface area contributed by atoms with Gasteiger partial charge in [0.1, 0.15) is 0 Å². The van der Waals surface area contributed by atoms with E-state index >= 15 is 0 Å². The molecule has 0 amide bonds. The van der Waals surface area contributed by atoms with Crippen LogP contribution in [0.5, 0.6) is 0 Å². The highest BCUT2D eigenvalue weighted by molar-refractivity contribution is 9.10. The Labute approximate surface area is 214 Å². The van der Waals surface area contributed by atoms with E-state index in [1.54, 1.807) is 11.3 Å². The highest BCUT2D eigenvalue weighted by Crippen LogP contribution is 2.39. The van der Waals surface area contributed by atoms with Gasteiger partial charge in [0.15, 0.2) is 0 Å². The Hall–Kier alpha value is -3.06. The lowest BCUT2D eigenvalue weighted by atomic mass is 10.0. The van der Waals surface area contributed by atoms with Crippen molar-refractivity contribution in [2.24, 2.45) is 5.10 Å². The Morgan fingerprint density at radius 2 is 1.74 bits per heavy atom. The lowest BCUT2D eigenvalue weighted by Crippen LogP contribution is -2.20. The topological polar surface area (TPSA) is 41.4 Å². The van der Waals surface area contributed by atoms with Crippen LogP contribution in [-0.2, 0) is 0 Å². The number of hydrazone groups is 1. The molecule has 166 valence electrons. The standard InChI is InChI=1S/C27H18BrClN4S/c28-19-9-4-8-18(14-19)23-16-24(25-10-5-13-34-25)33(32-23)27-30-22-12-11-20(29)15-21(22)26(31-27)17-6-2-1-3-7-17/h1-15,24H,16H2/t24-/m0/s1. The summed E-state index contributed by atoms with van der Waals surface area (Å²) in [5, 5.41) is 10.7. The van der Waals surface area contributed by atoms with Gasteiger partial charge in [-0.3, -0.25) is 0 Å². The number of nitrogens with zero attached hydrogens (tertiary/aromatic N) is 4. The summed E-state index contributed by atoms with van der Waals surface area (Å²) in [6, 6.07) is 28.4. The fourth-order valence-corrected chi connectivity index (χ4v) is 5.63. The van der Waals surface area contributed by atoms with Gasteiger partial charge < -0.3 is 0 Å². The van der Waals surface area contributed by atoms with Gasteiger partial charge >= 0.3 is 0 Å². The van der Waals surface area contributed by atoms with Gasteiger partial charge in [0.05, 0.1) is 23.0 Å². The SMILES string of the molecule is Clc1ccc2nc(N3N=C(c4cccc(Br)c4)C[C@H]3c3cccs3)nc(-c3ccccc3)c2c1. The average Bonchev–Trinajstić information content (AvgIpc) is 3.54. The average molecular weight is 546 g/mol. The number of anilines is 1. The minimum Gasteiger partial charge on any atom is -0.223 e. The molecule has 6 rings (SSSR count). The van der Waals surface area contributed by atoms with E-state index in [9.17, 15) is 0 Å². The molecule has 0 fully saturated rings. The van der Waals surface area contributed by atoms with Crippen molar-refractivity contribution in [2.75, 3.05) is 5.01 Å². The smallest absolute Gasteiger partial charge is 0.223 e. The Morgan fingerprint density at radius 3 is 2.53 bits per heavy atom. The van der Waals surface area contributed by atoms with Crippen LogP contribution in [0.2, 0.25) is 5.02 Å². The summed E-state index contributed by atoms with van der Waals surface area (Å²) in [7, 11) is 0. The van der Waals surface area contributed by atoms with E-state index in [-0.39, 0.29) is 6.04 Å². The van der Waals surface area contributed by atoms with Crippen molar-refractivity contribution in [2.45, 2.75) is 12.5 Å². The molecular formula is C27H18BrClN4S. The van der Waals surface area contributed by atoms with Gasteiger partial charge in [0, 0.05) is 31.7 Å². The first-order chi connectivity index (χ1) is 16.7. The fourth-order valence-electron chi connectivity index (χ4n) is 4.25. The minimum atomic E-state index is 0.0300. The number of thiophene rings is 1. The number of halogens is 2. The van der Waals surface area contributed by atoms with Crippen LogP contribution >= 0.6 is 38.9 Å². The summed E-state index contributed by atoms with van der Waals surface area (Å²) in [6.45, 7) is 0. The molecule has 7 heteroatoms. The molecule has 0 N–H and O–H groups in total.